The van der Waals surface area contributed by atoms with Crippen molar-refractivity contribution in [2.45, 2.75) is 126 Å². The van der Waals surface area contributed by atoms with Crippen molar-refractivity contribution in [1.82, 2.24) is 40.4 Å². The summed E-state index contributed by atoms with van der Waals surface area (Å²) in [6.45, 7) is 25.9. The van der Waals surface area contributed by atoms with Crippen LogP contribution < -0.4 is 16.1 Å². The van der Waals surface area contributed by atoms with E-state index in [1.165, 1.54) is 11.0 Å². The number of benzene rings is 2. The van der Waals surface area contributed by atoms with Gasteiger partial charge in [-0.15, -0.1) is 0 Å². The van der Waals surface area contributed by atoms with Crippen LogP contribution in [0.4, 0.5) is 0 Å². The highest BCUT2D eigenvalue weighted by Gasteiger charge is 2.33. The van der Waals surface area contributed by atoms with Crippen LogP contribution in [0.1, 0.15) is 104 Å². The van der Waals surface area contributed by atoms with E-state index in [9.17, 15) is 24.0 Å². The van der Waals surface area contributed by atoms with Crippen LogP contribution in [0.3, 0.4) is 0 Å². The zero-order valence-electron chi connectivity index (χ0n) is 42.2. The third-order valence-electron chi connectivity index (χ3n) is 12.3. The molecule has 4 heterocycles. The first-order valence-corrected chi connectivity index (χ1v) is 24.7. The third kappa shape index (κ3) is 14.6. The first kappa shape index (κ1) is 54.7. The molecule has 2 aliphatic heterocycles. The molecular formula is C54H78N8O6. The van der Waals surface area contributed by atoms with Crippen molar-refractivity contribution in [3.8, 4) is 22.4 Å². The van der Waals surface area contributed by atoms with Crippen molar-refractivity contribution in [3.63, 3.8) is 0 Å². The number of ether oxygens (including phenoxy) is 1. The monoisotopic (exact) mass is 935 g/mol. The highest BCUT2D eigenvalue weighted by Crippen LogP contribution is 2.40. The van der Waals surface area contributed by atoms with Crippen molar-refractivity contribution in [2.24, 2.45) is 11.3 Å². The molecule has 4 aromatic rings. The maximum absolute atomic E-state index is 14.0. The minimum atomic E-state index is -0.841. The molecule has 0 spiro atoms. The number of aryl methyl sites for hydroxylation is 1. The minimum Gasteiger partial charge on any atom is -0.467 e. The lowest BCUT2D eigenvalue weighted by Gasteiger charge is -2.33. The predicted octanol–water partition coefficient (Wildman–Crippen LogP) is 7.72. The van der Waals surface area contributed by atoms with Crippen LogP contribution in [-0.4, -0.2) is 113 Å². The van der Waals surface area contributed by atoms with Crippen molar-refractivity contribution in [2.75, 3.05) is 46.4 Å². The normalized spacial score (nSPS) is 14.5. The van der Waals surface area contributed by atoms with E-state index in [1.54, 1.807) is 12.1 Å². The Morgan fingerprint density at radius 3 is 2.32 bits per heavy atom. The molecule has 2 aromatic heterocycles. The molecule has 2 unspecified atom stereocenters. The molecule has 2 fully saturated rings. The Balaban J connectivity index is 0.000000811. The maximum Gasteiger partial charge on any atom is 0.293 e. The van der Waals surface area contributed by atoms with Crippen LogP contribution in [0.25, 0.3) is 33.3 Å². The summed E-state index contributed by atoms with van der Waals surface area (Å²) in [5.41, 5.74) is 11.2. The number of pyridine rings is 1. The van der Waals surface area contributed by atoms with Gasteiger partial charge in [-0.05, 0) is 111 Å². The topological polar surface area (TPSA) is 158 Å². The SMILES string of the molecule is C=CC(=O)N1CCCC1.CC.CCCNCc1ncccc1-c1c(CC(C)(C)COC=O)c2cc(-c3cccc(CC(NC(=O)C(C(C)C)N(C)C=O)C(=O)N4CCCCN4)c3)ccc2n1CC. The van der Waals surface area contributed by atoms with E-state index in [1.807, 2.05) is 57.0 Å². The molecule has 2 saturated heterocycles. The molecule has 0 bridgehead atoms. The summed E-state index contributed by atoms with van der Waals surface area (Å²) in [5, 5.41) is 9.29. The van der Waals surface area contributed by atoms with Gasteiger partial charge in [-0.25, -0.2) is 5.43 Å². The van der Waals surface area contributed by atoms with E-state index in [0.717, 1.165) is 108 Å². The van der Waals surface area contributed by atoms with Crippen LogP contribution in [0.2, 0.25) is 0 Å². The molecule has 0 saturated carbocycles. The number of aromatic nitrogens is 2. The Morgan fingerprint density at radius 1 is 0.971 bits per heavy atom. The number of nitrogens with zero attached hydrogens (tertiary/aromatic N) is 5. The number of nitrogens with one attached hydrogen (secondary N) is 3. The van der Waals surface area contributed by atoms with Crippen molar-refractivity contribution in [3.05, 3.63) is 90.3 Å². The van der Waals surface area contributed by atoms with E-state index in [-0.39, 0.29) is 42.1 Å². The molecule has 14 heteroatoms. The lowest BCUT2D eigenvalue weighted by atomic mass is 9.84. The van der Waals surface area contributed by atoms with Gasteiger partial charge in [0.25, 0.3) is 12.4 Å². The van der Waals surface area contributed by atoms with E-state index in [4.69, 9.17) is 9.72 Å². The Kier molecular flexibility index (Phi) is 21.9. The van der Waals surface area contributed by atoms with Gasteiger partial charge in [-0.3, -0.25) is 34.0 Å². The summed E-state index contributed by atoms with van der Waals surface area (Å²) in [7, 11) is 1.59. The lowest BCUT2D eigenvalue weighted by molar-refractivity contribution is -0.142. The van der Waals surface area contributed by atoms with Gasteiger partial charge in [0.1, 0.15) is 12.1 Å². The zero-order valence-corrected chi connectivity index (χ0v) is 42.2. The Bertz CT molecular complexity index is 2280. The summed E-state index contributed by atoms with van der Waals surface area (Å²) >= 11 is 0. The van der Waals surface area contributed by atoms with Gasteiger partial charge in [-0.1, -0.05) is 85.4 Å². The van der Waals surface area contributed by atoms with Crippen LogP contribution in [0.5, 0.6) is 0 Å². The van der Waals surface area contributed by atoms with Gasteiger partial charge >= 0.3 is 0 Å². The number of rotatable bonds is 21. The summed E-state index contributed by atoms with van der Waals surface area (Å²) in [5.74, 6) is -0.641. The van der Waals surface area contributed by atoms with Gasteiger partial charge in [0.2, 0.25) is 18.2 Å². The second kappa shape index (κ2) is 27.2. The van der Waals surface area contributed by atoms with Gasteiger partial charge in [0.05, 0.1) is 18.0 Å². The van der Waals surface area contributed by atoms with Crippen LogP contribution >= 0.6 is 0 Å². The first-order chi connectivity index (χ1) is 32.8. The van der Waals surface area contributed by atoms with Gasteiger partial charge in [0, 0.05) is 80.8 Å². The molecule has 68 heavy (non-hydrogen) atoms. The summed E-state index contributed by atoms with van der Waals surface area (Å²) < 4.78 is 7.69. The van der Waals surface area contributed by atoms with Gasteiger partial charge < -0.3 is 29.7 Å². The van der Waals surface area contributed by atoms with Gasteiger partial charge in [0.15, 0.2) is 0 Å². The molecule has 2 aromatic carbocycles. The van der Waals surface area contributed by atoms with Crippen LogP contribution in [-0.2, 0) is 54.6 Å². The highest BCUT2D eigenvalue weighted by atomic mass is 16.5. The largest absolute Gasteiger partial charge is 0.467 e. The fraction of sp³-hybridized carbons (Fsp3) is 0.519. The van der Waals surface area contributed by atoms with E-state index >= 15 is 0 Å². The molecule has 370 valence electrons. The number of hydrogen-bond acceptors (Lipinski definition) is 9. The predicted molar refractivity (Wildman–Crippen MR) is 272 cm³/mol. The Labute approximate surface area is 405 Å². The molecule has 3 N–H and O–H groups in total. The number of likely N-dealkylation sites (tertiary alicyclic amines) is 1. The molecule has 14 nitrogen and oxygen atoms in total. The van der Waals surface area contributed by atoms with E-state index < -0.39 is 12.1 Å². The fourth-order valence-electron chi connectivity index (χ4n) is 9.11. The van der Waals surface area contributed by atoms with E-state index in [0.29, 0.717) is 38.9 Å². The molecule has 6 rings (SSSR count). The lowest BCUT2D eigenvalue weighted by Crippen LogP contribution is -2.58. The Morgan fingerprint density at radius 2 is 1.69 bits per heavy atom. The number of likely N-dealkylation sites (N-methyl/N-ethyl adjacent to an activating group) is 1. The summed E-state index contributed by atoms with van der Waals surface area (Å²) in [4.78, 5) is 69.5. The summed E-state index contributed by atoms with van der Waals surface area (Å²) in [6.07, 6.45) is 9.99. The fourth-order valence-corrected chi connectivity index (χ4v) is 9.11. The summed E-state index contributed by atoms with van der Waals surface area (Å²) in [6, 6.07) is 17.3. The highest BCUT2D eigenvalue weighted by molar-refractivity contribution is 5.95. The number of fused-ring (bicyclic) bond motifs is 1. The zero-order chi connectivity index (χ0) is 49.8. The smallest absolute Gasteiger partial charge is 0.293 e. The average Bonchev–Trinajstić information content (AvgIpc) is 4.00. The average molecular weight is 935 g/mol. The number of hydrogen-bond donors (Lipinski definition) is 3. The number of amides is 4. The van der Waals surface area contributed by atoms with Gasteiger partial charge in [-0.2, -0.15) is 0 Å². The Hall–Kier alpha value is -5.86. The third-order valence-corrected chi connectivity index (χ3v) is 12.3. The van der Waals surface area contributed by atoms with Crippen molar-refractivity contribution < 1.29 is 28.7 Å². The molecule has 4 amide bonds. The number of carbonyl (C=O) groups is 5. The van der Waals surface area contributed by atoms with Crippen LogP contribution in [0.15, 0.2) is 73.4 Å². The van der Waals surface area contributed by atoms with E-state index in [2.05, 4.69) is 91.3 Å². The second-order valence-electron chi connectivity index (χ2n) is 18.5. The molecule has 0 radical (unpaired) electrons. The first-order valence-electron chi connectivity index (χ1n) is 24.7. The maximum atomic E-state index is 14.0. The minimum absolute atomic E-state index is 0.0764. The second-order valence-corrected chi connectivity index (χ2v) is 18.5. The standard InChI is InChI=1S/C45H61N7O5.C7H11NO.C2H6/c1-8-19-46-27-39-35(16-13-20-47-39)42-37(26-45(5,6)28-57-30-54)36-25-34(17-18-40(36)51(42)9-2)33-15-12-14-32(23-33)24-38(44(56)52-22-11-10-21-48-52)49-43(55)41(31(3)4)50(7)29-53;1-2-7(9)8-5-3-4-6-8;1-2/h12-18,20,23,25,29-31,38,41,46,48H,8-11,19,21-22,24,26-28H2,1-7H3,(H,49,55);2H,1,3-6H2;1-2H3. The number of carbonyl (C=O) groups excluding carboxylic acids is 5. The van der Waals surface area contributed by atoms with Crippen LogP contribution in [0, 0.1) is 11.3 Å². The molecular weight excluding hydrogens is 857 g/mol. The van der Waals surface area contributed by atoms with Crippen molar-refractivity contribution in [1.29, 1.82) is 0 Å². The molecule has 2 atom stereocenters. The quantitative estimate of drug-likeness (QED) is 0.0432. The molecule has 0 aliphatic carbocycles. The number of hydrazine groups is 1. The molecule has 2 aliphatic rings. The van der Waals surface area contributed by atoms with Crippen molar-refractivity contribution >= 4 is 41.5 Å².